The predicted molar refractivity (Wildman–Crippen MR) is 129 cm³/mol. The molecule has 0 saturated heterocycles. The van der Waals surface area contributed by atoms with Crippen LogP contribution >= 0.6 is 0 Å². The molecule has 1 N–H and O–H groups in total. The SMILES string of the molecule is COc1ccc(C2(C(C)(C)C)C=Cc3ccc(OC(=O)Nc4ccccc4)cc3C2)cc1. The Morgan fingerprint density at radius 2 is 1.62 bits per heavy atom. The van der Waals surface area contributed by atoms with Gasteiger partial charge in [0, 0.05) is 11.1 Å². The number of anilines is 1. The normalized spacial score (nSPS) is 17.4. The average Bonchev–Trinajstić information content (AvgIpc) is 2.78. The lowest BCUT2D eigenvalue weighted by Crippen LogP contribution is -2.41. The number of methoxy groups -OCH3 is 1. The van der Waals surface area contributed by atoms with E-state index in [2.05, 4.69) is 50.4 Å². The van der Waals surface area contributed by atoms with Crippen molar-refractivity contribution in [3.05, 3.63) is 95.6 Å². The van der Waals surface area contributed by atoms with Gasteiger partial charge in [0.2, 0.25) is 0 Å². The summed E-state index contributed by atoms with van der Waals surface area (Å²) in [5, 5.41) is 2.76. The van der Waals surface area contributed by atoms with Crippen molar-refractivity contribution < 1.29 is 14.3 Å². The van der Waals surface area contributed by atoms with E-state index in [-0.39, 0.29) is 10.8 Å². The lowest BCUT2D eigenvalue weighted by Gasteiger charge is -2.45. The molecule has 0 aliphatic heterocycles. The largest absolute Gasteiger partial charge is 0.497 e. The molecule has 4 rings (SSSR count). The number of hydrogen-bond donors (Lipinski definition) is 1. The van der Waals surface area contributed by atoms with E-state index in [0.29, 0.717) is 11.4 Å². The van der Waals surface area contributed by atoms with E-state index in [1.54, 1.807) is 7.11 Å². The Kier molecular flexibility index (Phi) is 5.79. The van der Waals surface area contributed by atoms with Gasteiger partial charge in [-0.05, 0) is 64.9 Å². The van der Waals surface area contributed by atoms with Crippen molar-refractivity contribution in [2.45, 2.75) is 32.6 Å². The molecule has 4 nitrogen and oxygen atoms in total. The molecule has 0 saturated carbocycles. The minimum absolute atomic E-state index is 0.0304. The van der Waals surface area contributed by atoms with E-state index >= 15 is 0 Å². The number of carbonyl (C=O) groups is 1. The molecule has 3 aromatic rings. The monoisotopic (exact) mass is 427 g/mol. The van der Waals surface area contributed by atoms with Crippen molar-refractivity contribution in [1.29, 1.82) is 0 Å². The first-order chi connectivity index (χ1) is 15.3. The summed E-state index contributed by atoms with van der Waals surface area (Å²) in [6.07, 6.45) is 4.81. The van der Waals surface area contributed by atoms with Crippen molar-refractivity contribution in [1.82, 2.24) is 0 Å². The first-order valence-electron chi connectivity index (χ1n) is 10.8. The molecule has 164 valence electrons. The number of ether oxygens (including phenoxy) is 2. The summed E-state index contributed by atoms with van der Waals surface area (Å²) < 4.78 is 10.9. The van der Waals surface area contributed by atoms with Crippen LogP contribution in [0.25, 0.3) is 6.08 Å². The molecule has 32 heavy (non-hydrogen) atoms. The molecule has 0 bridgehead atoms. The van der Waals surface area contributed by atoms with Crippen LogP contribution in [0, 0.1) is 5.41 Å². The molecule has 0 fully saturated rings. The molecule has 0 spiro atoms. The van der Waals surface area contributed by atoms with Gasteiger partial charge in [0.15, 0.2) is 0 Å². The highest BCUT2D eigenvalue weighted by Gasteiger charge is 2.43. The van der Waals surface area contributed by atoms with Gasteiger partial charge in [-0.15, -0.1) is 0 Å². The zero-order valence-corrected chi connectivity index (χ0v) is 19.0. The fraction of sp³-hybridized carbons (Fsp3) is 0.250. The molecule has 1 amide bonds. The van der Waals surface area contributed by atoms with Crippen molar-refractivity contribution in [3.63, 3.8) is 0 Å². The lowest BCUT2D eigenvalue weighted by molar-refractivity contribution is 0.215. The van der Waals surface area contributed by atoms with Crippen LogP contribution in [0.15, 0.2) is 78.9 Å². The van der Waals surface area contributed by atoms with Gasteiger partial charge >= 0.3 is 6.09 Å². The summed E-state index contributed by atoms with van der Waals surface area (Å²) >= 11 is 0. The van der Waals surface area contributed by atoms with Crippen LogP contribution in [0.1, 0.15) is 37.5 Å². The Morgan fingerprint density at radius 1 is 0.938 bits per heavy atom. The summed E-state index contributed by atoms with van der Waals surface area (Å²) in [6, 6.07) is 23.4. The Bertz CT molecular complexity index is 1130. The molecular weight excluding hydrogens is 398 g/mol. The Morgan fingerprint density at radius 3 is 2.28 bits per heavy atom. The highest BCUT2D eigenvalue weighted by Crippen LogP contribution is 2.49. The number of hydrogen-bond acceptors (Lipinski definition) is 3. The zero-order chi connectivity index (χ0) is 22.8. The topological polar surface area (TPSA) is 47.6 Å². The molecule has 1 aliphatic rings. The minimum Gasteiger partial charge on any atom is -0.497 e. The number of para-hydroxylation sites is 1. The molecule has 0 heterocycles. The lowest BCUT2D eigenvalue weighted by atomic mass is 9.58. The second kappa shape index (κ2) is 8.54. The number of amides is 1. The molecule has 3 aromatic carbocycles. The second-order valence-corrected chi connectivity index (χ2v) is 9.20. The third kappa shape index (κ3) is 4.26. The summed E-state index contributed by atoms with van der Waals surface area (Å²) in [5.41, 5.74) is 4.01. The summed E-state index contributed by atoms with van der Waals surface area (Å²) in [4.78, 5) is 12.4. The molecule has 1 aliphatic carbocycles. The Balaban J connectivity index is 1.61. The van der Waals surface area contributed by atoms with Crippen LogP contribution in [0.3, 0.4) is 0 Å². The van der Waals surface area contributed by atoms with Crippen LogP contribution in [-0.2, 0) is 11.8 Å². The molecular formula is C28H29NO3. The average molecular weight is 428 g/mol. The Hall–Kier alpha value is -3.53. The standard InChI is InChI=1S/C28H29NO3/c1-27(2,3)28(22-11-14-24(31-4)15-12-22)17-16-20-10-13-25(18-21(20)19-28)32-26(30)29-23-8-6-5-7-9-23/h5-18H,19H2,1-4H3,(H,29,30). The highest BCUT2D eigenvalue weighted by molar-refractivity contribution is 5.86. The van der Waals surface area contributed by atoms with Gasteiger partial charge in [-0.3, -0.25) is 5.32 Å². The molecule has 0 radical (unpaired) electrons. The quantitative estimate of drug-likeness (QED) is 0.495. The first kappa shape index (κ1) is 21.7. The first-order valence-corrected chi connectivity index (χ1v) is 10.8. The summed E-state index contributed by atoms with van der Waals surface area (Å²) in [5.74, 6) is 1.38. The molecule has 1 unspecified atom stereocenters. The van der Waals surface area contributed by atoms with E-state index in [4.69, 9.17) is 9.47 Å². The van der Waals surface area contributed by atoms with Crippen LogP contribution in [0.2, 0.25) is 0 Å². The number of nitrogens with one attached hydrogen (secondary N) is 1. The van der Waals surface area contributed by atoms with Gasteiger partial charge in [-0.1, -0.05) is 69.3 Å². The van der Waals surface area contributed by atoms with Gasteiger partial charge in [-0.2, -0.15) is 0 Å². The van der Waals surface area contributed by atoms with Gasteiger partial charge in [0.25, 0.3) is 0 Å². The van der Waals surface area contributed by atoms with E-state index in [9.17, 15) is 4.79 Å². The zero-order valence-electron chi connectivity index (χ0n) is 19.0. The predicted octanol–water partition coefficient (Wildman–Crippen LogP) is 6.86. The third-order valence-electron chi connectivity index (χ3n) is 6.31. The number of fused-ring (bicyclic) bond motifs is 1. The molecule has 1 atom stereocenters. The Labute approximate surface area is 189 Å². The van der Waals surface area contributed by atoms with Crippen molar-refractivity contribution >= 4 is 17.9 Å². The smallest absolute Gasteiger partial charge is 0.417 e. The maximum absolute atomic E-state index is 12.4. The third-order valence-corrected chi connectivity index (χ3v) is 6.31. The second-order valence-electron chi connectivity index (χ2n) is 9.20. The maximum atomic E-state index is 12.4. The summed E-state index contributed by atoms with van der Waals surface area (Å²) in [7, 11) is 1.68. The van der Waals surface area contributed by atoms with Crippen molar-refractivity contribution in [3.8, 4) is 11.5 Å². The number of benzene rings is 3. The van der Waals surface area contributed by atoms with Crippen molar-refractivity contribution in [2.24, 2.45) is 5.41 Å². The van der Waals surface area contributed by atoms with Gasteiger partial charge in [0.05, 0.1) is 7.11 Å². The highest BCUT2D eigenvalue weighted by atomic mass is 16.6. The van der Waals surface area contributed by atoms with Gasteiger partial charge in [-0.25, -0.2) is 4.79 Å². The van der Waals surface area contributed by atoms with Crippen LogP contribution in [0.4, 0.5) is 10.5 Å². The minimum atomic E-state index is -0.500. The van der Waals surface area contributed by atoms with E-state index in [1.807, 2.05) is 60.7 Å². The van der Waals surface area contributed by atoms with Crippen molar-refractivity contribution in [2.75, 3.05) is 12.4 Å². The number of carbonyl (C=O) groups excluding carboxylic acids is 1. The van der Waals surface area contributed by atoms with Crippen LogP contribution in [0.5, 0.6) is 11.5 Å². The molecule has 0 aromatic heterocycles. The van der Waals surface area contributed by atoms with E-state index in [1.165, 1.54) is 5.56 Å². The van der Waals surface area contributed by atoms with Crippen LogP contribution in [-0.4, -0.2) is 13.2 Å². The maximum Gasteiger partial charge on any atom is 0.417 e. The summed E-state index contributed by atoms with van der Waals surface area (Å²) in [6.45, 7) is 6.79. The fourth-order valence-corrected chi connectivity index (χ4v) is 4.36. The van der Waals surface area contributed by atoms with Crippen LogP contribution < -0.4 is 14.8 Å². The fourth-order valence-electron chi connectivity index (χ4n) is 4.36. The van der Waals surface area contributed by atoms with E-state index < -0.39 is 6.09 Å². The molecule has 4 heteroatoms. The number of allylic oxidation sites excluding steroid dienone is 1. The van der Waals surface area contributed by atoms with Gasteiger partial charge in [0.1, 0.15) is 11.5 Å². The van der Waals surface area contributed by atoms with Gasteiger partial charge < -0.3 is 9.47 Å². The van der Waals surface area contributed by atoms with E-state index in [0.717, 1.165) is 23.3 Å². The number of rotatable bonds is 4.